The van der Waals surface area contributed by atoms with Crippen LogP contribution in [0.25, 0.3) is 0 Å². The van der Waals surface area contributed by atoms with Crippen molar-refractivity contribution in [3.8, 4) is 0 Å². The topological polar surface area (TPSA) is 55.4 Å². The Hall–Kier alpha value is -0.430. The third-order valence-electron chi connectivity index (χ3n) is 3.41. The lowest BCUT2D eigenvalue weighted by atomic mass is 9.96. The molecule has 0 bridgehead atoms. The van der Waals surface area contributed by atoms with Crippen LogP contribution in [0.1, 0.15) is 24.8 Å². The van der Waals surface area contributed by atoms with Crippen LogP contribution in [0.3, 0.4) is 0 Å². The van der Waals surface area contributed by atoms with E-state index in [1.807, 2.05) is 18.2 Å². The van der Waals surface area contributed by atoms with E-state index < -0.39 is 9.84 Å². The van der Waals surface area contributed by atoms with Gasteiger partial charge in [-0.2, -0.15) is 0 Å². The largest absolute Gasteiger partial charge is 0.383 e. The van der Waals surface area contributed by atoms with Crippen molar-refractivity contribution in [2.45, 2.75) is 19.3 Å². The van der Waals surface area contributed by atoms with Crippen molar-refractivity contribution in [3.63, 3.8) is 0 Å². The zero-order valence-electron chi connectivity index (χ0n) is 12.6. The SMILES string of the molecule is CCS(=O)(=O)CCC(CNCCOC)c1cccc(Br)c1. The Morgan fingerprint density at radius 1 is 1.38 bits per heavy atom. The Kier molecular flexibility index (Phi) is 8.48. The molecule has 4 nitrogen and oxygen atoms in total. The fraction of sp³-hybridized carbons (Fsp3) is 0.600. The van der Waals surface area contributed by atoms with E-state index in [4.69, 9.17) is 4.74 Å². The van der Waals surface area contributed by atoms with Crippen molar-refractivity contribution in [1.29, 1.82) is 0 Å². The lowest BCUT2D eigenvalue weighted by Gasteiger charge is -2.18. The van der Waals surface area contributed by atoms with Gasteiger partial charge in [-0.15, -0.1) is 0 Å². The number of methoxy groups -OCH3 is 1. The molecule has 0 spiro atoms. The molecule has 0 saturated heterocycles. The first kappa shape index (κ1) is 18.6. The fourth-order valence-corrected chi connectivity index (χ4v) is 3.41. The molecule has 6 heteroatoms. The average Bonchev–Trinajstić information content (AvgIpc) is 2.46. The first-order valence-electron chi connectivity index (χ1n) is 7.14. The molecular formula is C15H24BrNO3S. The van der Waals surface area contributed by atoms with Crippen LogP contribution >= 0.6 is 15.9 Å². The maximum absolute atomic E-state index is 11.7. The summed E-state index contributed by atoms with van der Waals surface area (Å²) in [5.41, 5.74) is 1.15. The lowest BCUT2D eigenvalue weighted by Crippen LogP contribution is -2.26. The van der Waals surface area contributed by atoms with E-state index in [2.05, 4.69) is 27.3 Å². The van der Waals surface area contributed by atoms with Gasteiger partial charge in [0.25, 0.3) is 0 Å². The van der Waals surface area contributed by atoms with Crippen molar-refractivity contribution in [1.82, 2.24) is 5.32 Å². The van der Waals surface area contributed by atoms with Crippen LogP contribution in [0.4, 0.5) is 0 Å². The molecule has 0 aliphatic heterocycles. The van der Waals surface area contributed by atoms with Crippen molar-refractivity contribution < 1.29 is 13.2 Å². The van der Waals surface area contributed by atoms with Gasteiger partial charge < -0.3 is 10.1 Å². The van der Waals surface area contributed by atoms with Gasteiger partial charge in [-0.05, 0) is 30.0 Å². The number of halogens is 1. The molecule has 0 saturated carbocycles. The van der Waals surface area contributed by atoms with Crippen LogP contribution in [0, 0.1) is 0 Å². The van der Waals surface area contributed by atoms with Crippen LogP contribution < -0.4 is 5.32 Å². The summed E-state index contributed by atoms with van der Waals surface area (Å²) in [7, 11) is -1.26. The Morgan fingerprint density at radius 3 is 2.76 bits per heavy atom. The molecule has 0 heterocycles. The second-order valence-corrected chi connectivity index (χ2v) is 8.36. The number of hydrogen-bond donors (Lipinski definition) is 1. The second kappa shape index (κ2) is 9.56. The molecule has 0 fully saturated rings. The van der Waals surface area contributed by atoms with E-state index in [1.54, 1.807) is 14.0 Å². The summed E-state index contributed by atoms with van der Waals surface area (Å²) >= 11 is 3.47. The molecule has 120 valence electrons. The Morgan fingerprint density at radius 2 is 2.14 bits per heavy atom. The van der Waals surface area contributed by atoms with E-state index in [1.165, 1.54) is 0 Å². The predicted octanol–water partition coefficient (Wildman–Crippen LogP) is 2.59. The molecule has 21 heavy (non-hydrogen) atoms. The molecule has 0 aliphatic carbocycles. The zero-order chi connectivity index (χ0) is 15.7. The summed E-state index contributed by atoms with van der Waals surface area (Å²) in [4.78, 5) is 0. The summed E-state index contributed by atoms with van der Waals surface area (Å²) in [5, 5.41) is 3.32. The van der Waals surface area contributed by atoms with Gasteiger partial charge in [0, 0.05) is 30.4 Å². The molecule has 1 atom stereocenters. The zero-order valence-corrected chi connectivity index (χ0v) is 15.0. The highest BCUT2D eigenvalue weighted by molar-refractivity contribution is 9.10. The molecule has 0 aromatic heterocycles. The average molecular weight is 378 g/mol. The quantitative estimate of drug-likeness (QED) is 0.636. The molecule has 0 amide bonds. The van der Waals surface area contributed by atoms with Gasteiger partial charge in [0.15, 0.2) is 0 Å². The number of nitrogens with one attached hydrogen (secondary N) is 1. The molecule has 1 N–H and O–H groups in total. The number of rotatable bonds is 10. The minimum absolute atomic E-state index is 0.181. The predicted molar refractivity (Wildman–Crippen MR) is 90.6 cm³/mol. The Bertz CT molecular complexity index is 519. The lowest BCUT2D eigenvalue weighted by molar-refractivity contribution is 0.199. The third kappa shape index (κ3) is 7.40. The normalized spacial score (nSPS) is 13.3. The summed E-state index contributed by atoms with van der Waals surface area (Å²) in [6, 6.07) is 8.06. The van der Waals surface area contributed by atoms with E-state index in [9.17, 15) is 8.42 Å². The molecule has 0 aliphatic rings. The fourth-order valence-electron chi connectivity index (χ4n) is 2.06. The van der Waals surface area contributed by atoms with Gasteiger partial charge in [-0.3, -0.25) is 0 Å². The van der Waals surface area contributed by atoms with E-state index in [-0.39, 0.29) is 17.4 Å². The number of sulfone groups is 1. The minimum atomic E-state index is -2.93. The Balaban J connectivity index is 2.70. The number of benzene rings is 1. The first-order valence-corrected chi connectivity index (χ1v) is 9.75. The molecule has 1 unspecified atom stereocenters. The highest BCUT2D eigenvalue weighted by Gasteiger charge is 2.16. The van der Waals surface area contributed by atoms with Gasteiger partial charge in [0.2, 0.25) is 0 Å². The van der Waals surface area contributed by atoms with Crippen molar-refractivity contribution in [2.75, 3.05) is 38.3 Å². The van der Waals surface area contributed by atoms with Gasteiger partial charge in [0.1, 0.15) is 9.84 Å². The van der Waals surface area contributed by atoms with Gasteiger partial charge in [0.05, 0.1) is 12.4 Å². The second-order valence-electron chi connectivity index (χ2n) is 4.97. The molecule has 1 aromatic rings. The number of ether oxygens (including phenoxy) is 1. The maximum Gasteiger partial charge on any atom is 0.150 e. The summed E-state index contributed by atoms with van der Waals surface area (Å²) in [6.07, 6.45) is 0.632. The van der Waals surface area contributed by atoms with E-state index in [0.29, 0.717) is 13.0 Å². The molecular weight excluding hydrogens is 354 g/mol. The third-order valence-corrected chi connectivity index (χ3v) is 5.64. The van der Waals surface area contributed by atoms with Crippen molar-refractivity contribution >= 4 is 25.8 Å². The van der Waals surface area contributed by atoms with Crippen molar-refractivity contribution in [3.05, 3.63) is 34.3 Å². The van der Waals surface area contributed by atoms with E-state index >= 15 is 0 Å². The first-order chi connectivity index (χ1) is 9.98. The van der Waals surface area contributed by atoms with Crippen LogP contribution in [0.5, 0.6) is 0 Å². The van der Waals surface area contributed by atoms with Gasteiger partial charge >= 0.3 is 0 Å². The Labute approximate surface area is 136 Å². The summed E-state index contributed by atoms with van der Waals surface area (Å²) < 4.78 is 29.5. The van der Waals surface area contributed by atoms with Crippen LogP contribution in [0.2, 0.25) is 0 Å². The highest BCUT2D eigenvalue weighted by Crippen LogP contribution is 2.23. The van der Waals surface area contributed by atoms with Crippen LogP contribution in [-0.2, 0) is 14.6 Å². The highest BCUT2D eigenvalue weighted by atomic mass is 79.9. The van der Waals surface area contributed by atoms with Crippen LogP contribution in [0.15, 0.2) is 28.7 Å². The van der Waals surface area contributed by atoms with Gasteiger partial charge in [-0.25, -0.2) is 8.42 Å². The van der Waals surface area contributed by atoms with Crippen LogP contribution in [-0.4, -0.2) is 46.7 Å². The van der Waals surface area contributed by atoms with Crippen molar-refractivity contribution in [2.24, 2.45) is 0 Å². The monoisotopic (exact) mass is 377 g/mol. The summed E-state index contributed by atoms with van der Waals surface area (Å²) in [6.45, 7) is 3.86. The maximum atomic E-state index is 11.7. The molecule has 0 radical (unpaired) electrons. The molecule has 1 rings (SSSR count). The number of hydrogen-bond acceptors (Lipinski definition) is 4. The smallest absolute Gasteiger partial charge is 0.150 e. The standard InChI is InChI=1S/C15H24BrNO3S/c1-3-21(18,19)10-7-14(12-17-8-9-20-2)13-5-4-6-15(16)11-13/h4-6,11,14,17H,3,7-10,12H2,1-2H3. The van der Waals surface area contributed by atoms with E-state index in [0.717, 1.165) is 23.1 Å². The summed E-state index contributed by atoms with van der Waals surface area (Å²) in [5.74, 6) is 0.614. The minimum Gasteiger partial charge on any atom is -0.383 e. The molecule has 1 aromatic carbocycles. The van der Waals surface area contributed by atoms with Gasteiger partial charge in [-0.1, -0.05) is 35.0 Å².